The molecule has 0 radical (unpaired) electrons. The second-order valence-electron chi connectivity index (χ2n) is 3.84. The standard InChI is InChI=1S/C12H13NO2/c1-12(15)10(8-11(14)13(12)2)9-6-4-3-5-7-9/h3-8,15H,1-2H3. The van der Waals surface area contributed by atoms with E-state index in [1.165, 1.54) is 11.0 Å². The van der Waals surface area contributed by atoms with Crippen LogP contribution in [-0.2, 0) is 4.79 Å². The van der Waals surface area contributed by atoms with Crippen LogP contribution in [0, 0.1) is 0 Å². The van der Waals surface area contributed by atoms with Gasteiger partial charge in [-0.05, 0) is 12.5 Å². The van der Waals surface area contributed by atoms with Crippen LogP contribution < -0.4 is 0 Å². The van der Waals surface area contributed by atoms with Crippen molar-refractivity contribution in [2.75, 3.05) is 7.05 Å². The minimum absolute atomic E-state index is 0.168. The van der Waals surface area contributed by atoms with Gasteiger partial charge >= 0.3 is 0 Å². The average molecular weight is 203 g/mol. The van der Waals surface area contributed by atoms with E-state index in [9.17, 15) is 9.90 Å². The lowest BCUT2D eigenvalue weighted by Crippen LogP contribution is -2.42. The van der Waals surface area contributed by atoms with Gasteiger partial charge in [0.2, 0.25) is 5.91 Å². The molecule has 1 aromatic carbocycles. The summed E-state index contributed by atoms with van der Waals surface area (Å²) in [7, 11) is 1.59. The third-order valence-corrected chi connectivity index (χ3v) is 2.85. The van der Waals surface area contributed by atoms with Gasteiger partial charge in [0, 0.05) is 18.7 Å². The molecule has 1 aliphatic heterocycles. The first kappa shape index (κ1) is 9.93. The molecule has 0 spiro atoms. The van der Waals surface area contributed by atoms with Crippen molar-refractivity contribution >= 4 is 11.5 Å². The summed E-state index contributed by atoms with van der Waals surface area (Å²) in [5, 5.41) is 10.2. The zero-order valence-electron chi connectivity index (χ0n) is 8.77. The summed E-state index contributed by atoms with van der Waals surface area (Å²) in [4.78, 5) is 12.8. The molecule has 78 valence electrons. The Morgan fingerprint density at radius 3 is 2.33 bits per heavy atom. The predicted octanol–water partition coefficient (Wildman–Crippen LogP) is 1.25. The topological polar surface area (TPSA) is 40.5 Å². The molecule has 0 aromatic heterocycles. The van der Waals surface area contributed by atoms with Crippen LogP contribution in [0.1, 0.15) is 12.5 Å². The van der Waals surface area contributed by atoms with E-state index in [1.807, 2.05) is 30.3 Å². The molecule has 0 saturated heterocycles. The number of likely N-dealkylation sites (N-methyl/N-ethyl adjacent to an activating group) is 1. The second kappa shape index (κ2) is 3.21. The lowest BCUT2D eigenvalue weighted by Gasteiger charge is -2.29. The number of hydrogen-bond donors (Lipinski definition) is 1. The van der Waals surface area contributed by atoms with Crippen molar-refractivity contribution in [1.82, 2.24) is 4.90 Å². The highest BCUT2D eigenvalue weighted by Crippen LogP contribution is 2.34. The number of carbonyl (C=O) groups excluding carboxylic acids is 1. The van der Waals surface area contributed by atoms with E-state index in [4.69, 9.17) is 0 Å². The van der Waals surface area contributed by atoms with E-state index in [1.54, 1.807) is 14.0 Å². The third kappa shape index (κ3) is 1.45. The Bertz CT molecular complexity index is 421. The van der Waals surface area contributed by atoms with Crippen molar-refractivity contribution in [2.24, 2.45) is 0 Å². The zero-order chi connectivity index (χ0) is 11.1. The Labute approximate surface area is 88.6 Å². The van der Waals surface area contributed by atoms with Crippen molar-refractivity contribution in [2.45, 2.75) is 12.6 Å². The molecular formula is C12H13NO2. The van der Waals surface area contributed by atoms with Gasteiger partial charge in [0.1, 0.15) is 0 Å². The number of amides is 1. The molecule has 0 saturated carbocycles. The molecule has 0 fully saturated rings. The maximum absolute atomic E-state index is 11.5. The number of rotatable bonds is 1. The monoisotopic (exact) mass is 203 g/mol. The Balaban J connectivity index is 2.48. The van der Waals surface area contributed by atoms with Crippen LogP contribution in [0.3, 0.4) is 0 Å². The van der Waals surface area contributed by atoms with Crippen LogP contribution >= 0.6 is 0 Å². The molecule has 1 amide bonds. The molecule has 1 atom stereocenters. The maximum atomic E-state index is 11.5. The Morgan fingerprint density at radius 2 is 1.87 bits per heavy atom. The molecule has 1 aromatic rings. The molecule has 1 unspecified atom stereocenters. The van der Waals surface area contributed by atoms with Crippen molar-refractivity contribution in [1.29, 1.82) is 0 Å². The first-order chi connectivity index (χ1) is 7.03. The lowest BCUT2D eigenvalue weighted by atomic mass is 9.98. The van der Waals surface area contributed by atoms with Gasteiger partial charge in [-0.3, -0.25) is 4.79 Å². The number of nitrogens with zero attached hydrogens (tertiary/aromatic N) is 1. The van der Waals surface area contributed by atoms with Crippen LogP contribution in [0.25, 0.3) is 5.57 Å². The number of aliphatic hydroxyl groups is 1. The van der Waals surface area contributed by atoms with Gasteiger partial charge in [-0.2, -0.15) is 0 Å². The van der Waals surface area contributed by atoms with Crippen molar-refractivity contribution in [3.63, 3.8) is 0 Å². The van der Waals surface area contributed by atoms with Gasteiger partial charge in [0.25, 0.3) is 0 Å². The van der Waals surface area contributed by atoms with E-state index >= 15 is 0 Å². The van der Waals surface area contributed by atoms with E-state index < -0.39 is 5.72 Å². The summed E-state index contributed by atoms with van der Waals surface area (Å²) in [6.45, 7) is 1.62. The van der Waals surface area contributed by atoms with Crippen LogP contribution in [0.4, 0.5) is 0 Å². The second-order valence-corrected chi connectivity index (χ2v) is 3.84. The summed E-state index contributed by atoms with van der Waals surface area (Å²) in [5.74, 6) is -0.168. The molecule has 0 bridgehead atoms. The fraction of sp³-hybridized carbons (Fsp3) is 0.250. The molecule has 1 N–H and O–H groups in total. The molecule has 1 aliphatic rings. The molecule has 3 nitrogen and oxygen atoms in total. The minimum atomic E-state index is -1.21. The van der Waals surface area contributed by atoms with Crippen LogP contribution in [0.15, 0.2) is 36.4 Å². The van der Waals surface area contributed by atoms with E-state index in [0.29, 0.717) is 5.57 Å². The molecule has 1 heterocycles. The normalized spacial score (nSPS) is 25.7. The Hall–Kier alpha value is -1.61. The largest absolute Gasteiger partial charge is 0.367 e. The molecule has 3 heteroatoms. The number of carbonyl (C=O) groups is 1. The van der Waals surface area contributed by atoms with E-state index in [-0.39, 0.29) is 5.91 Å². The molecule has 0 aliphatic carbocycles. The van der Waals surface area contributed by atoms with E-state index in [2.05, 4.69) is 0 Å². The third-order valence-electron chi connectivity index (χ3n) is 2.85. The van der Waals surface area contributed by atoms with Gasteiger partial charge in [-0.15, -0.1) is 0 Å². The quantitative estimate of drug-likeness (QED) is 0.746. The highest BCUT2D eigenvalue weighted by atomic mass is 16.3. The fourth-order valence-electron chi connectivity index (χ4n) is 1.73. The average Bonchev–Trinajstić information content (AvgIpc) is 2.43. The predicted molar refractivity (Wildman–Crippen MR) is 57.8 cm³/mol. The maximum Gasteiger partial charge on any atom is 0.249 e. The minimum Gasteiger partial charge on any atom is -0.367 e. The smallest absolute Gasteiger partial charge is 0.249 e. The van der Waals surface area contributed by atoms with Gasteiger partial charge in [0.05, 0.1) is 0 Å². The van der Waals surface area contributed by atoms with Gasteiger partial charge < -0.3 is 10.0 Å². The summed E-state index contributed by atoms with van der Waals surface area (Å²) >= 11 is 0. The van der Waals surface area contributed by atoms with Crippen molar-refractivity contribution < 1.29 is 9.90 Å². The van der Waals surface area contributed by atoms with Gasteiger partial charge in [0.15, 0.2) is 5.72 Å². The summed E-state index contributed by atoms with van der Waals surface area (Å²) in [5.41, 5.74) is 0.314. The summed E-state index contributed by atoms with van der Waals surface area (Å²) in [6.07, 6.45) is 1.48. The van der Waals surface area contributed by atoms with Crippen LogP contribution in [-0.4, -0.2) is 28.7 Å². The highest BCUT2D eigenvalue weighted by Gasteiger charge is 2.39. The first-order valence-corrected chi connectivity index (χ1v) is 4.81. The van der Waals surface area contributed by atoms with Crippen LogP contribution in [0.5, 0.6) is 0 Å². The summed E-state index contributed by atoms with van der Waals surface area (Å²) in [6, 6.07) is 9.43. The number of hydrogen-bond acceptors (Lipinski definition) is 2. The number of benzene rings is 1. The van der Waals surface area contributed by atoms with E-state index in [0.717, 1.165) is 5.56 Å². The SMILES string of the molecule is CN1C(=O)C=C(c2ccccc2)C1(C)O. The Morgan fingerprint density at radius 1 is 1.27 bits per heavy atom. The van der Waals surface area contributed by atoms with Crippen molar-refractivity contribution in [3.8, 4) is 0 Å². The van der Waals surface area contributed by atoms with Crippen molar-refractivity contribution in [3.05, 3.63) is 42.0 Å². The zero-order valence-corrected chi connectivity index (χ0v) is 8.77. The van der Waals surface area contributed by atoms with Crippen LogP contribution in [0.2, 0.25) is 0 Å². The highest BCUT2D eigenvalue weighted by molar-refractivity contribution is 6.02. The lowest BCUT2D eigenvalue weighted by molar-refractivity contribution is -0.135. The first-order valence-electron chi connectivity index (χ1n) is 4.81. The Kier molecular flexibility index (Phi) is 2.12. The van der Waals surface area contributed by atoms with Gasteiger partial charge in [-0.25, -0.2) is 0 Å². The molecule has 2 rings (SSSR count). The van der Waals surface area contributed by atoms with Gasteiger partial charge in [-0.1, -0.05) is 30.3 Å². The summed E-state index contributed by atoms with van der Waals surface area (Å²) < 4.78 is 0. The molecule has 15 heavy (non-hydrogen) atoms. The fourth-order valence-corrected chi connectivity index (χ4v) is 1.73. The molecular weight excluding hydrogens is 190 g/mol.